The van der Waals surface area contributed by atoms with Gasteiger partial charge < -0.3 is 14.2 Å². The van der Waals surface area contributed by atoms with Crippen LogP contribution >= 0.6 is 0 Å². The van der Waals surface area contributed by atoms with Gasteiger partial charge in [-0.1, -0.05) is 0 Å². The molecule has 2 aromatic carbocycles. The quantitative estimate of drug-likeness (QED) is 0.443. The van der Waals surface area contributed by atoms with Crippen LogP contribution in [0.2, 0.25) is 0 Å². The molecule has 0 aliphatic heterocycles. The first-order chi connectivity index (χ1) is 13.7. The van der Waals surface area contributed by atoms with Crippen LogP contribution in [0.4, 0.5) is 0 Å². The summed E-state index contributed by atoms with van der Waals surface area (Å²) >= 11 is 0. The Morgan fingerprint density at radius 3 is 1.34 bits per heavy atom. The molecule has 2 rings (SSSR count). The van der Waals surface area contributed by atoms with Gasteiger partial charge in [-0.15, -0.1) is 0 Å². The van der Waals surface area contributed by atoms with Crippen molar-refractivity contribution in [1.29, 1.82) is 0 Å². The van der Waals surface area contributed by atoms with Crippen LogP contribution in [0.3, 0.4) is 0 Å². The molecular formula is C22H22O7. The van der Waals surface area contributed by atoms with Crippen LogP contribution in [-0.4, -0.2) is 37.4 Å². The summed E-state index contributed by atoms with van der Waals surface area (Å²) in [5.41, 5.74) is 0.670. The Hall–Kier alpha value is -3.48. The molecule has 0 fully saturated rings. The summed E-state index contributed by atoms with van der Waals surface area (Å²) in [6.07, 6.45) is -0.375. The second-order valence-electron chi connectivity index (χ2n) is 6.44. The van der Waals surface area contributed by atoms with Crippen molar-refractivity contribution in [1.82, 2.24) is 0 Å². The Balaban J connectivity index is 2.30. The smallest absolute Gasteiger partial charge is 0.170 e. The highest BCUT2D eigenvalue weighted by molar-refractivity contribution is 6.08. The first-order valence-electron chi connectivity index (χ1n) is 8.84. The third kappa shape index (κ3) is 5.75. The van der Waals surface area contributed by atoms with E-state index in [2.05, 4.69) is 0 Å². The summed E-state index contributed by atoms with van der Waals surface area (Å²) < 4.78 is 16.4. The highest BCUT2D eigenvalue weighted by Gasteiger charge is 2.17. The number of hydrogen-bond donors (Lipinski definition) is 0. The van der Waals surface area contributed by atoms with Crippen molar-refractivity contribution in [3.05, 3.63) is 47.5 Å². The Labute approximate surface area is 168 Å². The number of Topliss-reactive ketones (excluding diaryl/α,β-unsaturated/α-hetero) is 4. The van der Waals surface area contributed by atoms with E-state index >= 15 is 0 Å². The molecule has 29 heavy (non-hydrogen) atoms. The number of methoxy groups -OCH3 is 2. The molecule has 0 aliphatic rings. The van der Waals surface area contributed by atoms with E-state index < -0.39 is 0 Å². The molecule has 0 heterocycles. The van der Waals surface area contributed by atoms with Gasteiger partial charge in [0.25, 0.3) is 0 Å². The maximum Gasteiger partial charge on any atom is 0.170 e. The van der Waals surface area contributed by atoms with Gasteiger partial charge in [0.2, 0.25) is 0 Å². The second-order valence-corrected chi connectivity index (χ2v) is 6.44. The summed E-state index contributed by atoms with van der Waals surface area (Å²) in [6, 6.07) is 9.19. The second kappa shape index (κ2) is 9.64. The van der Waals surface area contributed by atoms with Gasteiger partial charge in [0.1, 0.15) is 11.6 Å². The Bertz CT molecular complexity index is 882. The zero-order chi connectivity index (χ0) is 21.6. The van der Waals surface area contributed by atoms with Crippen LogP contribution in [0.1, 0.15) is 47.4 Å². The van der Waals surface area contributed by atoms with Crippen LogP contribution in [-0.2, 0) is 9.59 Å². The lowest BCUT2D eigenvalue weighted by Crippen LogP contribution is -2.06. The topological polar surface area (TPSA) is 96.0 Å². The van der Waals surface area contributed by atoms with Crippen molar-refractivity contribution in [3.8, 4) is 23.0 Å². The Morgan fingerprint density at radius 1 is 0.655 bits per heavy atom. The largest absolute Gasteiger partial charge is 0.493 e. The fourth-order valence-corrected chi connectivity index (χ4v) is 2.63. The van der Waals surface area contributed by atoms with Gasteiger partial charge in [0.05, 0.1) is 27.1 Å². The molecule has 7 heteroatoms. The summed E-state index contributed by atoms with van der Waals surface area (Å²) in [4.78, 5) is 46.5. The van der Waals surface area contributed by atoms with Crippen LogP contribution in [0.5, 0.6) is 23.0 Å². The number of carbonyl (C=O) groups excluding carboxylic acids is 4. The number of ether oxygens (including phenoxy) is 3. The van der Waals surface area contributed by atoms with E-state index in [1.54, 1.807) is 24.3 Å². The van der Waals surface area contributed by atoms with Gasteiger partial charge in [0.15, 0.2) is 34.6 Å². The minimum atomic E-state index is -0.312. The molecule has 0 saturated carbocycles. The molecular weight excluding hydrogens is 376 g/mol. The van der Waals surface area contributed by atoms with Crippen LogP contribution in [0.15, 0.2) is 36.4 Å². The monoisotopic (exact) mass is 398 g/mol. The van der Waals surface area contributed by atoms with E-state index in [1.165, 1.54) is 40.2 Å². The van der Waals surface area contributed by atoms with Gasteiger partial charge in [-0.05, 0) is 50.2 Å². The molecule has 0 unspecified atom stereocenters. The predicted molar refractivity (Wildman–Crippen MR) is 105 cm³/mol. The van der Waals surface area contributed by atoms with Crippen molar-refractivity contribution in [2.24, 2.45) is 0 Å². The number of rotatable bonds is 10. The minimum Gasteiger partial charge on any atom is -0.493 e. The maximum absolute atomic E-state index is 12.1. The van der Waals surface area contributed by atoms with Crippen LogP contribution in [0.25, 0.3) is 0 Å². The number of hydrogen-bond acceptors (Lipinski definition) is 7. The van der Waals surface area contributed by atoms with E-state index in [4.69, 9.17) is 14.2 Å². The molecule has 0 aromatic heterocycles. The summed E-state index contributed by atoms with van der Waals surface area (Å²) in [5.74, 6) is 0.191. The SMILES string of the molecule is COc1cc(C(=O)CC(C)=O)ccc1Oc1ccc(C(=O)CC(C)=O)cc1OC. The molecule has 0 saturated heterocycles. The van der Waals surface area contributed by atoms with Crippen molar-refractivity contribution in [2.75, 3.05) is 14.2 Å². The minimum absolute atomic E-state index is 0.188. The molecule has 0 amide bonds. The predicted octanol–water partition coefficient (Wildman–Crippen LogP) is 3.82. The number of ketones is 4. The molecule has 0 aliphatic carbocycles. The Morgan fingerprint density at radius 2 is 1.03 bits per heavy atom. The van der Waals surface area contributed by atoms with Gasteiger partial charge in [-0.25, -0.2) is 0 Å². The first kappa shape index (κ1) is 21.8. The van der Waals surface area contributed by atoms with Crippen LogP contribution < -0.4 is 14.2 Å². The molecule has 0 spiro atoms. The summed E-state index contributed by atoms with van der Waals surface area (Å²) in [6.45, 7) is 2.70. The lowest BCUT2D eigenvalue weighted by atomic mass is 10.1. The van der Waals surface area contributed by atoms with E-state index in [0.717, 1.165) is 0 Å². The standard InChI is InChI=1S/C22H22O7/c1-13(23)9-17(25)15-5-7-19(21(11-15)27-3)29-20-8-6-16(12-22(20)28-4)18(26)10-14(2)24/h5-8,11-12H,9-10H2,1-4H3. The Kier molecular flexibility index (Phi) is 7.25. The number of benzene rings is 2. The zero-order valence-electron chi connectivity index (χ0n) is 16.7. The van der Waals surface area contributed by atoms with Crippen LogP contribution in [0, 0.1) is 0 Å². The van der Waals surface area contributed by atoms with Gasteiger partial charge in [0, 0.05) is 11.1 Å². The van der Waals surface area contributed by atoms with Crippen molar-refractivity contribution in [2.45, 2.75) is 26.7 Å². The van der Waals surface area contributed by atoms with Crippen molar-refractivity contribution in [3.63, 3.8) is 0 Å². The zero-order valence-corrected chi connectivity index (χ0v) is 16.7. The first-order valence-corrected chi connectivity index (χ1v) is 8.84. The summed E-state index contributed by atoms with van der Waals surface area (Å²) in [5, 5.41) is 0. The lowest BCUT2D eigenvalue weighted by molar-refractivity contribution is -0.117. The highest BCUT2D eigenvalue weighted by Crippen LogP contribution is 2.37. The average Bonchev–Trinajstić information content (AvgIpc) is 2.67. The molecule has 0 radical (unpaired) electrons. The normalized spacial score (nSPS) is 10.2. The fourth-order valence-electron chi connectivity index (χ4n) is 2.63. The summed E-state index contributed by atoms with van der Waals surface area (Å²) in [7, 11) is 2.87. The molecule has 7 nitrogen and oxygen atoms in total. The van der Waals surface area contributed by atoms with Crippen molar-refractivity contribution >= 4 is 23.1 Å². The number of carbonyl (C=O) groups is 4. The molecule has 0 atom stereocenters. The van der Waals surface area contributed by atoms with Gasteiger partial charge in [-0.3, -0.25) is 19.2 Å². The van der Waals surface area contributed by atoms with Crippen molar-refractivity contribution < 1.29 is 33.4 Å². The van der Waals surface area contributed by atoms with E-state index in [9.17, 15) is 19.2 Å². The lowest BCUT2D eigenvalue weighted by Gasteiger charge is -2.14. The molecule has 2 aromatic rings. The van der Waals surface area contributed by atoms with Gasteiger partial charge in [-0.2, -0.15) is 0 Å². The molecule has 0 N–H and O–H groups in total. The average molecular weight is 398 g/mol. The van der Waals surface area contributed by atoms with E-state index in [-0.39, 0.29) is 36.0 Å². The third-order valence-corrected chi connectivity index (χ3v) is 4.01. The van der Waals surface area contributed by atoms with E-state index in [1.807, 2.05) is 0 Å². The highest BCUT2D eigenvalue weighted by atomic mass is 16.5. The molecule has 152 valence electrons. The van der Waals surface area contributed by atoms with Gasteiger partial charge >= 0.3 is 0 Å². The molecule has 0 bridgehead atoms. The van der Waals surface area contributed by atoms with E-state index in [0.29, 0.717) is 34.1 Å². The third-order valence-electron chi connectivity index (χ3n) is 4.01. The maximum atomic E-state index is 12.1. The fraction of sp³-hybridized carbons (Fsp3) is 0.273.